The number of ether oxygens (including phenoxy) is 1. The largest absolute Gasteiger partial charge is 0.463 e. The van der Waals surface area contributed by atoms with Gasteiger partial charge in [-0.15, -0.1) is 0 Å². The molecule has 0 fully saturated rings. The first kappa shape index (κ1) is 16.2. The van der Waals surface area contributed by atoms with E-state index in [0.29, 0.717) is 26.1 Å². The fourth-order valence-electron chi connectivity index (χ4n) is 2.32. The summed E-state index contributed by atoms with van der Waals surface area (Å²) in [5.74, 6) is -0.217. The van der Waals surface area contributed by atoms with E-state index in [1.165, 1.54) is 0 Å². The van der Waals surface area contributed by atoms with Gasteiger partial charge in [0.1, 0.15) is 0 Å². The van der Waals surface area contributed by atoms with E-state index in [2.05, 4.69) is 20.8 Å². The van der Waals surface area contributed by atoms with Crippen LogP contribution in [0.25, 0.3) is 0 Å². The first-order chi connectivity index (χ1) is 10.1. The minimum atomic E-state index is -0.518. The van der Waals surface area contributed by atoms with Crippen LogP contribution in [0.3, 0.4) is 0 Å². The van der Waals surface area contributed by atoms with Crippen molar-refractivity contribution in [3.63, 3.8) is 0 Å². The molecule has 1 aromatic carbocycles. The van der Waals surface area contributed by atoms with Crippen LogP contribution in [-0.4, -0.2) is 42.2 Å². The van der Waals surface area contributed by atoms with Gasteiger partial charge >= 0.3 is 5.97 Å². The molecular formula is C16H20BrNO3. The molecule has 1 aromatic rings. The fraction of sp³-hybridized carbons (Fsp3) is 0.438. The average Bonchev–Trinajstić information content (AvgIpc) is 2.49. The maximum Gasteiger partial charge on any atom is 0.333 e. The first-order valence-electron chi connectivity index (χ1n) is 7.12. The molecule has 0 bridgehead atoms. The van der Waals surface area contributed by atoms with Crippen molar-refractivity contribution in [1.29, 1.82) is 0 Å². The zero-order valence-electron chi connectivity index (χ0n) is 12.1. The summed E-state index contributed by atoms with van der Waals surface area (Å²) in [5, 5.41) is 10.3. The topological polar surface area (TPSA) is 49.8 Å². The molecule has 4 nitrogen and oxygen atoms in total. The molecule has 1 aliphatic heterocycles. The molecule has 21 heavy (non-hydrogen) atoms. The van der Waals surface area contributed by atoms with Gasteiger partial charge in [-0.2, -0.15) is 0 Å². The summed E-state index contributed by atoms with van der Waals surface area (Å²) in [7, 11) is 0. The second-order valence-electron chi connectivity index (χ2n) is 5.03. The Balaban J connectivity index is 1.88. The second-order valence-corrected chi connectivity index (χ2v) is 5.94. The Morgan fingerprint density at radius 2 is 2.14 bits per heavy atom. The predicted octanol–water partition coefficient (Wildman–Crippen LogP) is 2.68. The standard InChI is InChI=1S/C16H20BrNO3/c1-2-21-16(20)13-7-9-18(10-8-13)11-15(19)12-3-5-14(17)6-4-12/h3-7,15,19H,2,8-11H2,1H3/t15-/m1/s1. The van der Waals surface area contributed by atoms with Crippen molar-refractivity contribution >= 4 is 21.9 Å². The molecule has 1 aliphatic rings. The Morgan fingerprint density at radius 3 is 2.71 bits per heavy atom. The highest BCUT2D eigenvalue weighted by Crippen LogP contribution is 2.20. The zero-order chi connectivity index (χ0) is 15.2. The van der Waals surface area contributed by atoms with Gasteiger partial charge in [0.05, 0.1) is 12.7 Å². The summed E-state index contributed by atoms with van der Waals surface area (Å²) in [6.45, 7) is 4.21. The molecule has 0 aromatic heterocycles. The fourth-order valence-corrected chi connectivity index (χ4v) is 2.59. The predicted molar refractivity (Wildman–Crippen MR) is 84.9 cm³/mol. The van der Waals surface area contributed by atoms with Crippen molar-refractivity contribution in [1.82, 2.24) is 4.90 Å². The van der Waals surface area contributed by atoms with E-state index in [1.54, 1.807) is 0 Å². The molecule has 0 unspecified atom stereocenters. The molecule has 1 heterocycles. The smallest absolute Gasteiger partial charge is 0.333 e. The second kappa shape index (κ2) is 7.73. The molecule has 0 amide bonds. The molecule has 1 atom stereocenters. The third kappa shape index (κ3) is 4.66. The van der Waals surface area contributed by atoms with E-state index in [9.17, 15) is 9.90 Å². The van der Waals surface area contributed by atoms with E-state index in [0.717, 1.165) is 22.2 Å². The SMILES string of the molecule is CCOC(=O)C1=CCN(C[C@@H](O)c2ccc(Br)cc2)CC1. The number of aliphatic hydroxyl groups is 1. The van der Waals surface area contributed by atoms with E-state index in [4.69, 9.17) is 4.74 Å². The highest BCUT2D eigenvalue weighted by molar-refractivity contribution is 9.10. The number of rotatable bonds is 5. The Bertz CT molecular complexity index is 513. The van der Waals surface area contributed by atoms with E-state index >= 15 is 0 Å². The number of esters is 1. The van der Waals surface area contributed by atoms with Crippen LogP contribution >= 0.6 is 15.9 Å². The Hall–Kier alpha value is -1.17. The van der Waals surface area contributed by atoms with Gasteiger partial charge in [-0.3, -0.25) is 4.90 Å². The molecule has 0 aliphatic carbocycles. The van der Waals surface area contributed by atoms with Crippen LogP contribution in [0.15, 0.2) is 40.4 Å². The van der Waals surface area contributed by atoms with Crippen LogP contribution in [0.4, 0.5) is 0 Å². The Labute approximate surface area is 133 Å². The van der Waals surface area contributed by atoms with Crippen LogP contribution in [0.1, 0.15) is 25.0 Å². The van der Waals surface area contributed by atoms with Gasteiger partial charge in [0, 0.05) is 29.7 Å². The number of benzene rings is 1. The lowest BCUT2D eigenvalue weighted by Gasteiger charge is -2.27. The van der Waals surface area contributed by atoms with Crippen LogP contribution in [0.5, 0.6) is 0 Å². The van der Waals surface area contributed by atoms with Crippen LogP contribution in [0.2, 0.25) is 0 Å². The number of halogens is 1. The number of aliphatic hydroxyl groups excluding tert-OH is 1. The van der Waals surface area contributed by atoms with E-state index in [-0.39, 0.29) is 5.97 Å². The Kier molecular flexibility index (Phi) is 5.96. The lowest BCUT2D eigenvalue weighted by atomic mass is 10.1. The van der Waals surface area contributed by atoms with Gasteiger partial charge in [0.15, 0.2) is 0 Å². The summed E-state index contributed by atoms with van der Waals surface area (Å²) >= 11 is 3.38. The average molecular weight is 354 g/mol. The zero-order valence-corrected chi connectivity index (χ0v) is 13.7. The molecule has 0 spiro atoms. The van der Waals surface area contributed by atoms with Gasteiger partial charge in [-0.05, 0) is 31.0 Å². The molecule has 0 saturated carbocycles. The third-order valence-corrected chi connectivity index (χ3v) is 4.05. The third-order valence-electron chi connectivity index (χ3n) is 3.52. The summed E-state index contributed by atoms with van der Waals surface area (Å²) in [6.07, 6.45) is 2.05. The summed E-state index contributed by atoms with van der Waals surface area (Å²) in [4.78, 5) is 13.8. The number of hydrogen-bond donors (Lipinski definition) is 1. The molecular weight excluding hydrogens is 334 g/mol. The number of β-amino-alcohol motifs (C(OH)–C–C–N with tert-alkyl or cyclic N) is 1. The maximum atomic E-state index is 11.6. The molecule has 2 rings (SSSR count). The van der Waals surface area contributed by atoms with Gasteiger partial charge < -0.3 is 9.84 Å². The number of carbonyl (C=O) groups excluding carboxylic acids is 1. The normalized spacial score (nSPS) is 17.2. The van der Waals surface area contributed by atoms with Crippen molar-refractivity contribution < 1.29 is 14.6 Å². The molecule has 0 saturated heterocycles. The number of hydrogen-bond acceptors (Lipinski definition) is 4. The molecule has 1 N–H and O–H groups in total. The highest BCUT2D eigenvalue weighted by atomic mass is 79.9. The molecule has 0 radical (unpaired) electrons. The van der Waals surface area contributed by atoms with Crippen molar-refractivity contribution in [3.8, 4) is 0 Å². The van der Waals surface area contributed by atoms with Crippen molar-refractivity contribution in [2.24, 2.45) is 0 Å². The molecule has 5 heteroatoms. The minimum absolute atomic E-state index is 0.217. The van der Waals surface area contributed by atoms with Crippen molar-refractivity contribution in [2.75, 3.05) is 26.2 Å². The lowest BCUT2D eigenvalue weighted by Crippen LogP contribution is -2.34. The Morgan fingerprint density at radius 1 is 1.43 bits per heavy atom. The number of carbonyl (C=O) groups is 1. The monoisotopic (exact) mass is 353 g/mol. The number of nitrogens with zero attached hydrogens (tertiary/aromatic N) is 1. The first-order valence-corrected chi connectivity index (χ1v) is 7.91. The van der Waals surface area contributed by atoms with Crippen LogP contribution in [-0.2, 0) is 9.53 Å². The van der Waals surface area contributed by atoms with Gasteiger partial charge in [0.2, 0.25) is 0 Å². The van der Waals surface area contributed by atoms with Gasteiger partial charge in [-0.1, -0.05) is 34.1 Å². The highest BCUT2D eigenvalue weighted by Gasteiger charge is 2.20. The lowest BCUT2D eigenvalue weighted by molar-refractivity contribution is -0.138. The molecule has 114 valence electrons. The maximum absolute atomic E-state index is 11.6. The minimum Gasteiger partial charge on any atom is -0.463 e. The van der Waals surface area contributed by atoms with E-state index < -0.39 is 6.10 Å². The summed E-state index contributed by atoms with van der Waals surface area (Å²) < 4.78 is 6.00. The van der Waals surface area contributed by atoms with E-state index in [1.807, 2.05) is 37.3 Å². The van der Waals surface area contributed by atoms with Crippen LogP contribution < -0.4 is 0 Å². The van der Waals surface area contributed by atoms with Gasteiger partial charge in [0.25, 0.3) is 0 Å². The van der Waals surface area contributed by atoms with Crippen LogP contribution in [0, 0.1) is 0 Å². The summed E-state index contributed by atoms with van der Waals surface area (Å²) in [6, 6.07) is 7.68. The summed E-state index contributed by atoms with van der Waals surface area (Å²) in [5.41, 5.74) is 1.64. The van der Waals surface area contributed by atoms with Crippen molar-refractivity contribution in [2.45, 2.75) is 19.4 Å². The quantitative estimate of drug-likeness (QED) is 0.826. The van der Waals surface area contributed by atoms with Crippen molar-refractivity contribution in [3.05, 3.63) is 46.0 Å². The van der Waals surface area contributed by atoms with Gasteiger partial charge in [-0.25, -0.2) is 4.79 Å².